The van der Waals surface area contributed by atoms with Crippen molar-refractivity contribution in [2.45, 2.75) is 64.7 Å². The van der Waals surface area contributed by atoms with Crippen LogP contribution in [0.1, 0.15) is 21.7 Å². The van der Waals surface area contributed by atoms with Crippen molar-refractivity contribution >= 4 is 38.2 Å². The molecule has 0 saturated carbocycles. The minimum absolute atomic E-state index is 0.156. The summed E-state index contributed by atoms with van der Waals surface area (Å²) in [7, 11) is -6.10. The van der Waals surface area contributed by atoms with E-state index in [-0.39, 0.29) is 26.0 Å². The number of fused-ring (bicyclic) bond motifs is 1. The highest BCUT2D eigenvalue weighted by Gasteiger charge is 2.27. The molecule has 33 heavy (non-hydrogen) atoms. The Bertz CT molecular complexity index is 945. The molecule has 2 heterocycles. The normalized spacial score (nSPS) is 15.1. The summed E-state index contributed by atoms with van der Waals surface area (Å²) >= 11 is 0. The fourth-order valence-corrected chi connectivity index (χ4v) is 5.01. The van der Waals surface area contributed by atoms with E-state index in [0.717, 1.165) is 23.9 Å². The van der Waals surface area contributed by atoms with Crippen LogP contribution in [0.3, 0.4) is 0 Å². The maximum atomic E-state index is 13.4. The van der Waals surface area contributed by atoms with E-state index in [1.54, 1.807) is 15.5 Å². The van der Waals surface area contributed by atoms with Gasteiger partial charge in [-0.1, -0.05) is 51.4 Å². The van der Waals surface area contributed by atoms with Crippen LogP contribution in [0.5, 0.6) is 0 Å². The van der Waals surface area contributed by atoms with Crippen molar-refractivity contribution in [3.63, 3.8) is 0 Å². The van der Waals surface area contributed by atoms with Gasteiger partial charge < -0.3 is 18.9 Å². The molecule has 0 atom stereocenters. The molecule has 11 heteroatoms. The minimum Gasteiger partial charge on any atom is -0.361 e. The summed E-state index contributed by atoms with van der Waals surface area (Å²) in [5, 5.41) is 0. The van der Waals surface area contributed by atoms with E-state index in [4.69, 9.17) is 13.7 Å². The average Bonchev–Trinajstić information content (AvgIpc) is 2.92. The second-order valence-electron chi connectivity index (χ2n) is 11.0. The van der Waals surface area contributed by atoms with Crippen LogP contribution in [-0.2, 0) is 37.1 Å². The highest BCUT2D eigenvalue weighted by molar-refractivity contribution is 7.85. The smallest absolute Gasteiger partial charge is 0.273 e. The Balaban J connectivity index is 2.21. The van der Waals surface area contributed by atoms with E-state index < -0.39 is 26.3 Å². The van der Waals surface area contributed by atoms with Gasteiger partial charge in [-0.15, -0.1) is 0 Å². The van der Waals surface area contributed by atoms with Gasteiger partial charge in [0.25, 0.3) is 16.0 Å². The molecular weight excluding hydrogens is 476 g/mol. The molecule has 0 fully saturated rings. The van der Waals surface area contributed by atoms with Crippen LogP contribution >= 0.6 is 0 Å². The van der Waals surface area contributed by atoms with Gasteiger partial charge in [-0.3, -0.25) is 8.98 Å². The molecule has 0 aromatic carbocycles. The van der Waals surface area contributed by atoms with Crippen molar-refractivity contribution < 1.29 is 26.9 Å². The highest BCUT2D eigenvalue weighted by Crippen LogP contribution is 2.24. The Kier molecular flexibility index (Phi) is 9.72. The van der Waals surface area contributed by atoms with Crippen LogP contribution < -0.4 is 0 Å². The van der Waals surface area contributed by atoms with Crippen LogP contribution in [-0.4, -0.2) is 72.7 Å². The fourth-order valence-electron chi connectivity index (χ4n) is 3.16. The lowest BCUT2D eigenvalue weighted by Crippen LogP contribution is -2.35. The van der Waals surface area contributed by atoms with Crippen LogP contribution in [0.25, 0.3) is 6.08 Å². The number of ether oxygens (including phenoxy) is 2. The number of nitrogens with zero attached hydrogens (tertiary/aromatic N) is 2. The van der Waals surface area contributed by atoms with Crippen molar-refractivity contribution in [2.75, 3.05) is 32.7 Å². The first-order valence-electron chi connectivity index (χ1n) is 11.3. The van der Waals surface area contributed by atoms with Gasteiger partial charge in [0, 0.05) is 47.2 Å². The maximum absolute atomic E-state index is 13.4. The lowest BCUT2D eigenvalue weighted by atomic mass is 10.2. The number of hydrogen-bond donors (Lipinski definition) is 0. The highest BCUT2D eigenvalue weighted by atomic mass is 32.2. The van der Waals surface area contributed by atoms with Crippen molar-refractivity contribution in [3.05, 3.63) is 29.1 Å². The topological polar surface area (TPSA) is 87.1 Å². The Morgan fingerprint density at radius 3 is 2.09 bits per heavy atom. The molecule has 1 aliphatic heterocycles. The van der Waals surface area contributed by atoms with Gasteiger partial charge in [0.2, 0.25) is 0 Å². The second-order valence-corrected chi connectivity index (χ2v) is 23.8. The zero-order valence-electron chi connectivity index (χ0n) is 21.1. The lowest BCUT2D eigenvalue weighted by molar-refractivity contribution is 0.0297. The van der Waals surface area contributed by atoms with Crippen molar-refractivity contribution in [3.8, 4) is 0 Å². The molecule has 1 aromatic heterocycles. The summed E-state index contributed by atoms with van der Waals surface area (Å²) in [5.74, 6) is -0.164. The van der Waals surface area contributed by atoms with Gasteiger partial charge in [-0.25, -0.2) is 0 Å². The molecule has 0 saturated heterocycles. The van der Waals surface area contributed by atoms with Crippen LogP contribution in [0.4, 0.5) is 0 Å². The number of amides is 1. The molecule has 1 amide bonds. The van der Waals surface area contributed by atoms with Crippen molar-refractivity contribution in [1.82, 2.24) is 9.47 Å². The molecule has 1 aliphatic rings. The van der Waals surface area contributed by atoms with Crippen LogP contribution in [0.15, 0.2) is 12.1 Å². The van der Waals surface area contributed by atoms with E-state index in [0.29, 0.717) is 31.1 Å². The third-order valence-electron chi connectivity index (χ3n) is 5.21. The number of hydrogen-bond acceptors (Lipinski definition) is 6. The summed E-state index contributed by atoms with van der Waals surface area (Å²) in [6, 6.07) is 3.83. The maximum Gasteiger partial charge on any atom is 0.273 e. The van der Waals surface area contributed by atoms with Gasteiger partial charge >= 0.3 is 0 Å². The van der Waals surface area contributed by atoms with Crippen LogP contribution in [0.2, 0.25) is 51.4 Å². The summed E-state index contributed by atoms with van der Waals surface area (Å²) in [5.41, 5.74) is 1.78. The Labute approximate surface area is 201 Å². The zero-order chi connectivity index (χ0) is 24.9. The summed E-state index contributed by atoms with van der Waals surface area (Å²) < 4.78 is 41.6. The first-order chi connectivity index (χ1) is 15.2. The van der Waals surface area contributed by atoms with E-state index >= 15 is 0 Å². The number of rotatable bonds is 13. The van der Waals surface area contributed by atoms with E-state index in [1.165, 1.54) is 0 Å². The quantitative estimate of drug-likeness (QED) is 0.223. The standard InChI is InChI=1S/C22H40N2O6SSi2/c1-31(26,27)30-16-20-15-19-9-8-10-23(17-28-11-13-32(2,3)4)22(25)21(19)24(20)18-29-12-14-33(5,6)7/h8-9,15H,10-14,16-18H2,1-7H3. The van der Waals surface area contributed by atoms with Gasteiger partial charge in [-0.05, 0) is 18.2 Å². The largest absolute Gasteiger partial charge is 0.361 e. The molecule has 0 aliphatic carbocycles. The van der Waals surface area contributed by atoms with Gasteiger partial charge in [0.1, 0.15) is 25.8 Å². The molecule has 0 unspecified atom stereocenters. The SMILES string of the molecule is C[Si](C)(C)CCOCN1CC=Cc2cc(COS(C)(=O)=O)n(COCC[Si](C)(C)C)c2C1=O. The summed E-state index contributed by atoms with van der Waals surface area (Å²) in [6.07, 6.45) is 4.82. The fraction of sp³-hybridized carbons (Fsp3) is 0.682. The van der Waals surface area contributed by atoms with Gasteiger partial charge in [0.05, 0.1) is 6.26 Å². The van der Waals surface area contributed by atoms with Gasteiger partial charge in [-0.2, -0.15) is 8.42 Å². The first-order valence-corrected chi connectivity index (χ1v) is 20.6. The van der Waals surface area contributed by atoms with Crippen molar-refractivity contribution in [1.29, 1.82) is 0 Å². The first kappa shape index (κ1) is 28.0. The van der Waals surface area contributed by atoms with E-state index in [2.05, 4.69) is 39.3 Å². The molecule has 2 rings (SSSR count). The molecule has 8 nitrogen and oxygen atoms in total. The Morgan fingerprint density at radius 1 is 0.970 bits per heavy atom. The van der Waals surface area contributed by atoms with Crippen molar-refractivity contribution in [2.24, 2.45) is 0 Å². The molecule has 0 spiro atoms. The molecule has 1 aromatic rings. The summed E-state index contributed by atoms with van der Waals surface area (Å²) in [4.78, 5) is 15.1. The van der Waals surface area contributed by atoms with Gasteiger partial charge in [0.15, 0.2) is 0 Å². The van der Waals surface area contributed by atoms with Crippen LogP contribution in [0, 0.1) is 0 Å². The Morgan fingerprint density at radius 2 is 1.55 bits per heavy atom. The molecular formula is C22H40N2O6SSi2. The minimum atomic E-state index is -3.62. The third kappa shape index (κ3) is 9.87. The Hall–Kier alpha value is -1.25. The predicted molar refractivity (Wildman–Crippen MR) is 137 cm³/mol. The monoisotopic (exact) mass is 516 g/mol. The predicted octanol–water partition coefficient (Wildman–Crippen LogP) is 4.06. The summed E-state index contributed by atoms with van der Waals surface area (Å²) in [6.45, 7) is 15.6. The molecule has 0 radical (unpaired) electrons. The third-order valence-corrected chi connectivity index (χ3v) is 9.16. The number of carbonyl (C=O) groups excluding carboxylic acids is 1. The second kappa shape index (κ2) is 11.5. The van der Waals surface area contributed by atoms with E-state index in [1.807, 2.05) is 12.2 Å². The molecule has 188 valence electrons. The average molecular weight is 517 g/mol. The number of aromatic nitrogens is 1. The molecule has 0 bridgehead atoms. The zero-order valence-corrected chi connectivity index (χ0v) is 24.0. The lowest BCUT2D eigenvalue weighted by Gasteiger charge is -2.23. The van der Waals surface area contributed by atoms with E-state index in [9.17, 15) is 13.2 Å². The number of carbonyl (C=O) groups is 1. The molecule has 0 N–H and O–H groups in total.